The second kappa shape index (κ2) is 45.0. The molecule has 58 heavy (non-hydrogen) atoms. The monoisotopic (exact) mass is 841 g/mol. The Bertz CT molecular complexity index is 1040. The SMILES string of the molecule is CC/C=C\C/C=C\C/C=C\C/C=C\CCCCCCCCCOCC(COP(=O)(O)OCC(O)CO)OC(=O)CCCCCCCCCCCCCCCCCCC. The van der Waals surface area contributed by atoms with E-state index >= 15 is 0 Å². The number of carbonyl (C=O) groups excluding carboxylic acids is 1. The summed E-state index contributed by atoms with van der Waals surface area (Å²) in [6, 6.07) is 0. The molecule has 9 nitrogen and oxygen atoms in total. The third kappa shape index (κ3) is 44.0. The third-order valence-electron chi connectivity index (χ3n) is 10.0. The summed E-state index contributed by atoms with van der Waals surface area (Å²) in [6.07, 6.45) is 50.7. The van der Waals surface area contributed by atoms with Crippen LogP contribution in [-0.2, 0) is 27.9 Å². The van der Waals surface area contributed by atoms with Crippen molar-refractivity contribution in [2.24, 2.45) is 0 Å². The second-order valence-electron chi connectivity index (χ2n) is 15.8. The van der Waals surface area contributed by atoms with Crippen LogP contribution < -0.4 is 0 Å². The molecule has 0 spiro atoms. The van der Waals surface area contributed by atoms with Gasteiger partial charge in [0.25, 0.3) is 0 Å². The maximum Gasteiger partial charge on any atom is 0.472 e. The van der Waals surface area contributed by atoms with Crippen molar-refractivity contribution in [2.45, 2.75) is 219 Å². The van der Waals surface area contributed by atoms with Crippen molar-refractivity contribution in [3.8, 4) is 0 Å². The number of phosphoric ester groups is 1. The number of ether oxygens (including phenoxy) is 2. The predicted molar refractivity (Wildman–Crippen MR) is 242 cm³/mol. The molecule has 0 aliphatic heterocycles. The van der Waals surface area contributed by atoms with E-state index in [4.69, 9.17) is 23.6 Å². The van der Waals surface area contributed by atoms with Crippen molar-refractivity contribution < 1.29 is 43.0 Å². The minimum absolute atomic E-state index is 0.0430. The van der Waals surface area contributed by atoms with Gasteiger partial charge in [-0.1, -0.05) is 197 Å². The summed E-state index contributed by atoms with van der Waals surface area (Å²) in [5.41, 5.74) is 0. The highest BCUT2D eigenvalue weighted by atomic mass is 31.2. The van der Waals surface area contributed by atoms with Crippen LogP contribution in [0.5, 0.6) is 0 Å². The van der Waals surface area contributed by atoms with E-state index in [9.17, 15) is 19.4 Å². The van der Waals surface area contributed by atoms with E-state index in [1.807, 2.05) is 0 Å². The molecule has 0 heterocycles. The minimum Gasteiger partial charge on any atom is -0.457 e. The Hall–Kier alpha value is -1.58. The van der Waals surface area contributed by atoms with E-state index in [0.717, 1.165) is 70.6 Å². The standard InChI is InChI=1S/C48H89O9P/c1-3-5-7-9-11-13-15-17-19-21-22-23-25-27-29-31-33-35-37-39-41-54-44-47(45-56-58(52,53)55-43-46(50)42-49)57-48(51)40-38-36-34-32-30-28-26-24-20-18-16-14-12-10-8-6-4-2/h5,7,11,13,17,19,22-23,46-47,49-50H,3-4,6,8-10,12,14-16,18,20-21,24-45H2,1-2H3,(H,52,53)/b7-5-,13-11-,19-17-,23-22-. The van der Waals surface area contributed by atoms with Crippen molar-refractivity contribution in [3.05, 3.63) is 48.6 Å². The molecule has 3 atom stereocenters. The Balaban J connectivity index is 4.13. The number of rotatable bonds is 45. The first-order valence-electron chi connectivity index (χ1n) is 23.6. The van der Waals surface area contributed by atoms with Crippen molar-refractivity contribution in [1.29, 1.82) is 0 Å². The van der Waals surface area contributed by atoms with E-state index in [2.05, 4.69) is 62.5 Å². The smallest absolute Gasteiger partial charge is 0.457 e. The zero-order chi connectivity index (χ0) is 42.5. The molecule has 0 aromatic carbocycles. The first-order chi connectivity index (χ1) is 28.3. The highest BCUT2D eigenvalue weighted by Gasteiger charge is 2.26. The number of esters is 1. The molecule has 0 fully saturated rings. The fraction of sp³-hybridized carbons (Fsp3) is 0.812. The van der Waals surface area contributed by atoms with Crippen LogP contribution in [0.3, 0.4) is 0 Å². The molecule has 0 aliphatic carbocycles. The number of unbranched alkanes of at least 4 members (excludes halogenated alkanes) is 23. The molecule has 0 aromatic heterocycles. The van der Waals surface area contributed by atoms with Crippen molar-refractivity contribution in [3.63, 3.8) is 0 Å². The quantitative estimate of drug-likeness (QED) is 0.0237. The number of hydrogen-bond acceptors (Lipinski definition) is 8. The van der Waals surface area contributed by atoms with Gasteiger partial charge in [-0.3, -0.25) is 13.8 Å². The van der Waals surface area contributed by atoms with E-state index in [1.54, 1.807) is 0 Å². The lowest BCUT2D eigenvalue weighted by atomic mass is 10.0. The molecule has 0 saturated carbocycles. The van der Waals surface area contributed by atoms with E-state index in [-0.39, 0.29) is 25.6 Å². The number of phosphoric acid groups is 1. The Kier molecular flexibility index (Phi) is 43.7. The molecular weight excluding hydrogens is 751 g/mol. The molecule has 0 rings (SSSR count). The lowest BCUT2D eigenvalue weighted by Gasteiger charge is -2.20. The van der Waals surface area contributed by atoms with Crippen molar-refractivity contribution >= 4 is 13.8 Å². The fourth-order valence-electron chi connectivity index (χ4n) is 6.47. The lowest BCUT2D eigenvalue weighted by molar-refractivity contribution is -0.154. The highest BCUT2D eigenvalue weighted by molar-refractivity contribution is 7.47. The average Bonchev–Trinajstić information content (AvgIpc) is 3.21. The van der Waals surface area contributed by atoms with Gasteiger partial charge in [0.1, 0.15) is 12.2 Å². The second-order valence-corrected chi connectivity index (χ2v) is 17.2. The maximum atomic E-state index is 12.6. The van der Waals surface area contributed by atoms with Gasteiger partial charge >= 0.3 is 13.8 Å². The maximum absolute atomic E-state index is 12.6. The van der Waals surface area contributed by atoms with Crippen molar-refractivity contribution in [2.75, 3.05) is 33.0 Å². The van der Waals surface area contributed by atoms with Gasteiger partial charge in [-0.2, -0.15) is 0 Å². The van der Waals surface area contributed by atoms with Crippen molar-refractivity contribution in [1.82, 2.24) is 0 Å². The lowest BCUT2D eigenvalue weighted by Crippen LogP contribution is -2.29. The number of carbonyl (C=O) groups is 1. The van der Waals surface area contributed by atoms with Gasteiger partial charge < -0.3 is 24.6 Å². The van der Waals surface area contributed by atoms with Crippen LogP contribution in [0.25, 0.3) is 0 Å². The molecule has 340 valence electrons. The van der Waals surface area contributed by atoms with Crippen LogP contribution in [0.4, 0.5) is 0 Å². The minimum atomic E-state index is -4.52. The van der Waals surface area contributed by atoms with Gasteiger partial charge in [-0.05, 0) is 51.4 Å². The van der Waals surface area contributed by atoms with Crippen LogP contribution in [0.1, 0.15) is 206 Å². The summed E-state index contributed by atoms with van der Waals surface area (Å²) in [4.78, 5) is 22.6. The summed E-state index contributed by atoms with van der Waals surface area (Å²) in [6.45, 7) is 3.41. The topological polar surface area (TPSA) is 132 Å². The summed E-state index contributed by atoms with van der Waals surface area (Å²) in [5.74, 6) is -0.385. The molecule has 0 saturated heterocycles. The van der Waals surface area contributed by atoms with Gasteiger partial charge in [0.2, 0.25) is 0 Å². The summed E-state index contributed by atoms with van der Waals surface area (Å²) >= 11 is 0. The van der Waals surface area contributed by atoms with Crippen LogP contribution in [-0.4, -0.2) is 66.3 Å². The third-order valence-corrected chi connectivity index (χ3v) is 11.0. The van der Waals surface area contributed by atoms with E-state index in [0.29, 0.717) is 6.61 Å². The molecule has 0 aliphatic rings. The fourth-order valence-corrected chi connectivity index (χ4v) is 7.25. The largest absolute Gasteiger partial charge is 0.472 e. The Morgan fingerprint density at radius 2 is 0.983 bits per heavy atom. The van der Waals surface area contributed by atoms with Gasteiger partial charge in [-0.25, -0.2) is 4.57 Å². The van der Waals surface area contributed by atoms with Gasteiger partial charge in [0, 0.05) is 13.0 Å². The van der Waals surface area contributed by atoms with Crippen LogP contribution in [0, 0.1) is 0 Å². The molecule has 10 heteroatoms. The molecule has 0 radical (unpaired) electrons. The molecule has 0 aromatic rings. The zero-order valence-corrected chi connectivity index (χ0v) is 38.2. The first kappa shape index (κ1) is 56.4. The van der Waals surface area contributed by atoms with Crippen LogP contribution in [0.15, 0.2) is 48.6 Å². The molecule has 3 unspecified atom stereocenters. The Labute approximate surface area is 356 Å². The first-order valence-corrected chi connectivity index (χ1v) is 25.1. The summed E-state index contributed by atoms with van der Waals surface area (Å²) in [7, 11) is -4.52. The van der Waals surface area contributed by atoms with E-state index in [1.165, 1.54) is 116 Å². The Morgan fingerprint density at radius 1 is 0.552 bits per heavy atom. The van der Waals surface area contributed by atoms with Gasteiger partial charge in [-0.15, -0.1) is 0 Å². The molecular formula is C48H89O9P. The van der Waals surface area contributed by atoms with Gasteiger partial charge in [0.15, 0.2) is 0 Å². The highest BCUT2D eigenvalue weighted by Crippen LogP contribution is 2.43. The summed E-state index contributed by atoms with van der Waals surface area (Å²) < 4.78 is 33.5. The Morgan fingerprint density at radius 3 is 1.48 bits per heavy atom. The average molecular weight is 841 g/mol. The summed E-state index contributed by atoms with van der Waals surface area (Å²) in [5, 5.41) is 18.4. The predicted octanol–water partition coefficient (Wildman–Crippen LogP) is 13.4. The number of aliphatic hydroxyl groups excluding tert-OH is 2. The van der Waals surface area contributed by atoms with Crippen LogP contribution >= 0.6 is 7.82 Å². The zero-order valence-electron chi connectivity index (χ0n) is 37.3. The molecule has 3 N–H and O–H groups in total. The normalized spacial score (nSPS) is 14.4. The van der Waals surface area contributed by atoms with E-state index < -0.39 is 33.2 Å². The van der Waals surface area contributed by atoms with Gasteiger partial charge in [0.05, 0.1) is 26.4 Å². The number of aliphatic hydroxyl groups is 2. The van der Waals surface area contributed by atoms with Crippen LogP contribution in [0.2, 0.25) is 0 Å². The number of hydrogen-bond donors (Lipinski definition) is 3. The number of allylic oxidation sites excluding steroid dienone is 8. The molecule has 0 bridgehead atoms. The molecule has 0 amide bonds.